The molecule has 1 atom stereocenters. The number of nitrogens with zero attached hydrogens (tertiary/aromatic N) is 1. The van der Waals surface area contributed by atoms with Gasteiger partial charge in [-0.2, -0.15) is 0 Å². The molecule has 2 aromatic rings. The summed E-state index contributed by atoms with van der Waals surface area (Å²) in [5.74, 6) is 0.913. The molecule has 0 aliphatic carbocycles. The Morgan fingerprint density at radius 3 is 2.76 bits per heavy atom. The summed E-state index contributed by atoms with van der Waals surface area (Å²) >= 11 is 15.6. The summed E-state index contributed by atoms with van der Waals surface area (Å²) < 4.78 is 0. The van der Waals surface area contributed by atoms with Crippen molar-refractivity contribution in [3.05, 3.63) is 55.7 Å². The van der Waals surface area contributed by atoms with Crippen molar-refractivity contribution in [1.29, 1.82) is 0 Å². The van der Waals surface area contributed by atoms with E-state index in [0.29, 0.717) is 15.6 Å². The molecule has 0 bridgehead atoms. The summed E-state index contributed by atoms with van der Waals surface area (Å²) in [6, 6.07) is 9.22. The molecule has 6 heteroatoms. The van der Waals surface area contributed by atoms with Crippen LogP contribution in [0.2, 0.25) is 10.0 Å². The molecule has 110 valence electrons. The minimum Gasteiger partial charge on any atom is -0.321 e. The Morgan fingerprint density at radius 1 is 1.29 bits per heavy atom. The van der Waals surface area contributed by atoms with Crippen molar-refractivity contribution in [2.24, 2.45) is 0 Å². The quantitative estimate of drug-likeness (QED) is 0.731. The fourth-order valence-corrected chi connectivity index (χ4v) is 5.18. The van der Waals surface area contributed by atoms with Gasteiger partial charge in [0.1, 0.15) is 5.37 Å². The van der Waals surface area contributed by atoms with Crippen LogP contribution in [0.1, 0.15) is 25.5 Å². The molecular formula is C15H13Cl2NOS2. The number of halogens is 2. The van der Waals surface area contributed by atoms with Crippen molar-refractivity contribution >= 4 is 52.2 Å². The summed E-state index contributed by atoms with van der Waals surface area (Å²) in [5.41, 5.74) is 0.516. The highest BCUT2D eigenvalue weighted by atomic mass is 35.5. The van der Waals surface area contributed by atoms with E-state index < -0.39 is 0 Å². The zero-order chi connectivity index (χ0) is 15.0. The van der Waals surface area contributed by atoms with Gasteiger partial charge < -0.3 is 4.90 Å². The maximum Gasteiger partial charge on any atom is 0.256 e. The second-order valence-electron chi connectivity index (χ2n) is 4.79. The van der Waals surface area contributed by atoms with Crippen LogP contribution in [-0.2, 0) is 0 Å². The van der Waals surface area contributed by atoms with E-state index in [1.807, 2.05) is 4.90 Å². The van der Waals surface area contributed by atoms with Crippen molar-refractivity contribution in [2.45, 2.75) is 12.3 Å². The van der Waals surface area contributed by atoms with E-state index in [1.54, 1.807) is 41.3 Å². The topological polar surface area (TPSA) is 20.3 Å². The Balaban J connectivity index is 1.89. The lowest BCUT2D eigenvalue weighted by molar-refractivity contribution is 0.0762. The molecule has 1 fully saturated rings. The molecule has 21 heavy (non-hydrogen) atoms. The number of amides is 1. The van der Waals surface area contributed by atoms with E-state index in [1.165, 1.54) is 9.75 Å². The van der Waals surface area contributed by atoms with E-state index in [0.717, 1.165) is 12.3 Å². The lowest BCUT2D eigenvalue weighted by atomic mass is 10.2. The van der Waals surface area contributed by atoms with Gasteiger partial charge in [-0.15, -0.1) is 23.1 Å². The first-order valence-electron chi connectivity index (χ1n) is 6.50. The van der Waals surface area contributed by atoms with Gasteiger partial charge in [-0.25, -0.2) is 0 Å². The Morgan fingerprint density at radius 2 is 2.10 bits per heavy atom. The number of thiophene rings is 1. The van der Waals surface area contributed by atoms with Crippen LogP contribution in [0.5, 0.6) is 0 Å². The number of carbonyl (C=O) groups is 1. The third-order valence-electron chi connectivity index (χ3n) is 3.32. The van der Waals surface area contributed by atoms with E-state index in [4.69, 9.17) is 23.2 Å². The van der Waals surface area contributed by atoms with E-state index in [-0.39, 0.29) is 11.3 Å². The zero-order valence-electron chi connectivity index (χ0n) is 11.3. The average molecular weight is 358 g/mol. The number of carbonyl (C=O) groups excluding carboxylic acids is 1. The van der Waals surface area contributed by atoms with Gasteiger partial charge in [0, 0.05) is 27.1 Å². The van der Waals surface area contributed by atoms with Crippen LogP contribution < -0.4 is 0 Å². The van der Waals surface area contributed by atoms with Crippen molar-refractivity contribution < 1.29 is 4.79 Å². The Labute approximate surface area is 142 Å². The van der Waals surface area contributed by atoms with Gasteiger partial charge in [-0.1, -0.05) is 23.2 Å². The summed E-state index contributed by atoms with van der Waals surface area (Å²) in [5, 5.41) is 1.03. The Kier molecular flexibility index (Phi) is 4.50. The van der Waals surface area contributed by atoms with Crippen LogP contribution >= 0.6 is 46.3 Å². The number of thioether (sulfide) groups is 1. The molecular weight excluding hydrogens is 345 g/mol. The van der Waals surface area contributed by atoms with E-state index >= 15 is 0 Å². The van der Waals surface area contributed by atoms with Gasteiger partial charge in [-0.05, 0) is 37.3 Å². The predicted octanol–water partition coefficient (Wildman–Crippen LogP) is 5.25. The summed E-state index contributed by atoms with van der Waals surface area (Å²) in [6.07, 6.45) is 0. The van der Waals surface area contributed by atoms with Crippen LogP contribution in [0.4, 0.5) is 0 Å². The normalized spacial score (nSPS) is 18.2. The highest BCUT2D eigenvalue weighted by Crippen LogP contribution is 2.42. The minimum atomic E-state index is -0.0299. The van der Waals surface area contributed by atoms with Crippen LogP contribution in [0, 0.1) is 6.92 Å². The number of hydrogen-bond acceptors (Lipinski definition) is 3. The highest BCUT2D eigenvalue weighted by Gasteiger charge is 2.32. The molecule has 3 rings (SSSR count). The third kappa shape index (κ3) is 3.09. The van der Waals surface area contributed by atoms with Crippen molar-refractivity contribution in [1.82, 2.24) is 4.90 Å². The summed E-state index contributed by atoms with van der Waals surface area (Å²) in [4.78, 5) is 17.1. The zero-order valence-corrected chi connectivity index (χ0v) is 14.5. The molecule has 2 heterocycles. The Bertz CT molecular complexity index is 686. The smallest absolute Gasteiger partial charge is 0.256 e. The SMILES string of the molecule is Cc1ccc(C2SCCN2C(=O)c2ccc(Cl)cc2Cl)s1. The van der Waals surface area contributed by atoms with E-state index in [9.17, 15) is 4.79 Å². The van der Waals surface area contributed by atoms with Gasteiger partial charge in [0.15, 0.2) is 0 Å². The lowest BCUT2D eigenvalue weighted by Gasteiger charge is -2.23. The van der Waals surface area contributed by atoms with Crippen molar-refractivity contribution in [2.75, 3.05) is 12.3 Å². The molecule has 1 aliphatic heterocycles. The number of hydrogen-bond donors (Lipinski definition) is 0. The molecule has 0 radical (unpaired) electrons. The maximum atomic E-state index is 12.8. The number of aryl methyl sites for hydroxylation is 1. The first kappa shape index (κ1) is 15.2. The molecule has 1 aromatic carbocycles. The Hall–Kier alpha value is -0.680. The molecule has 1 aromatic heterocycles. The van der Waals surface area contributed by atoms with Gasteiger partial charge in [-0.3, -0.25) is 4.79 Å². The van der Waals surface area contributed by atoms with Crippen LogP contribution in [0.3, 0.4) is 0 Å². The molecule has 1 saturated heterocycles. The van der Waals surface area contributed by atoms with Crippen molar-refractivity contribution in [3.63, 3.8) is 0 Å². The minimum absolute atomic E-state index is 0.0299. The maximum absolute atomic E-state index is 12.8. The third-order valence-corrected chi connectivity index (χ3v) is 6.31. The predicted molar refractivity (Wildman–Crippen MR) is 91.8 cm³/mol. The number of rotatable bonds is 2. The molecule has 0 N–H and O–H groups in total. The van der Waals surface area contributed by atoms with Crippen LogP contribution in [0.25, 0.3) is 0 Å². The second-order valence-corrected chi connectivity index (χ2v) is 8.15. The fraction of sp³-hybridized carbons (Fsp3) is 0.267. The molecule has 1 unspecified atom stereocenters. The monoisotopic (exact) mass is 357 g/mol. The first-order chi connectivity index (χ1) is 10.1. The number of benzene rings is 1. The average Bonchev–Trinajstić information content (AvgIpc) is 3.06. The van der Waals surface area contributed by atoms with Crippen molar-refractivity contribution in [3.8, 4) is 0 Å². The van der Waals surface area contributed by atoms with Gasteiger partial charge in [0.25, 0.3) is 5.91 Å². The molecule has 2 nitrogen and oxygen atoms in total. The second kappa shape index (κ2) is 6.21. The van der Waals surface area contributed by atoms with Crippen LogP contribution in [-0.4, -0.2) is 23.1 Å². The molecule has 1 amide bonds. The fourth-order valence-electron chi connectivity index (χ4n) is 2.32. The lowest BCUT2D eigenvalue weighted by Crippen LogP contribution is -2.30. The van der Waals surface area contributed by atoms with Gasteiger partial charge in [0.05, 0.1) is 10.6 Å². The highest BCUT2D eigenvalue weighted by molar-refractivity contribution is 7.99. The molecule has 0 spiro atoms. The largest absolute Gasteiger partial charge is 0.321 e. The van der Waals surface area contributed by atoms with Gasteiger partial charge >= 0.3 is 0 Å². The standard InChI is InChI=1S/C15H13Cl2NOS2/c1-9-2-5-13(21-9)15-18(6-7-20-15)14(19)11-4-3-10(16)8-12(11)17/h2-5,8,15H,6-7H2,1H3. The van der Waals surface area contributed by atoms with E-state index in [2.05, 4.69) is 19.1 Å². The summed E-state index contributed by atoms with van der Waals surface area (Å²) in [7, 11) is 0. The van der Waals surface area contributed by atoms with Crippen LogP contribution in [0.15, 0.2) is 30.3 Å². The first-order valence-corrected chi connectivity index (χ1v) is 9.12. The van der Waals surface area contributed by atoms with Gasteiger partial charge in [0.2, 0.25) is 0 Å². The summed E-state index contributed by atoms with van der Waals surface area (Å²) in [6.45, 7) is 2.82. The molecule has 0 saturated carbocycles. The molecule has 1 aliphatic rings.